The standard InChI is InChI=1S/C19H15ClN4O3S/c1-10-4-5-11(7-13(10)20)22-18(25)12-9-21-24-15(16-3-2-6-28-16)8-14(19(26)27)23-17(12)24/h2-9,15,23H,1H3,(H,22,25)(H,26,27)/t15-/m1/s1. The summed E-state index contributed by atoms with van der Waals surface area (Å²) in [4.78, 5) is 25.3. The molecule has 1 atom stereocenters. The predicted molar refractivity (Wildman–Crippen MR) is 108 cm³/mol. The molecule has 3 N–H and O–H groups in total. The van der Waals surface area contributed by atoms with Crippen LogP contribution in [-0.4, -0.2) is 26.8 Å². The second-order valence-electron chi connectivity index (χ2n) is 6.24. The molecular weight excluding hydrogens is 400 g/mol. The molecule has 1 amide bonds. The van der Waals surface area contributed by atoms with E-state index < -0.39 is 17.9 Å². The van der Waals surface area contributed by atoms with E-state index >= 15 is 0 Å². The van der Waals surface area contributed by atoms with E-state index in [4.69, 9.17) is 11.6 Å². The highest BCUT2D eigenvalue weighted by Gasteiger charge is 2.29. The maximum absolute atomic E-state index is 12.8. The van der Waals surface area contributed by atoms with Gasteiger partial charge in [-0.1, -0.05) is 23.7 Å². The largest absolute Gasteiger partial charge is 0.477 e. The lowest BCUT2D eigenvalue weighted by Crippen LogP contribution is -2.25. The molecule has 3 heterocycles. The van der Waals surface area contributed by atoms with Gasteiger partial charge in [0.2, 0.25) is 0 Å². The number of carbonyl (C=O) groups excluding carboxylic acids is 1. The van der Waals surface area contributed by atoms with Gasteiger partial charge < -0.3 is 15.7 Å². The van der Waals surface area contributed by atoms with Crippen molar-refractivity contribution < 1.29 is 14.7 Å². The number of hydrogen-bond donors (Lipinski definition) is 3. The summed E-state index contributed by atoms with van der Waals surface area (Å²) in [6.45, 7) is 1.87. The third-order valence-corrected chi connectivity index (χ3v) is 5.73. The fraction of sp³-hybridized carbons (Fsp3) is 0.105. The van der Waals surface area contributed by atoms with E-state index in [1.807, 2.05) is 30.5 Å². The summed E-state index contributed by atoms with van der Waals surface area (Å²) in [5, 5.41) is 21.8. The summed E-state index contributed by atoms with van der Waals surface area (Å²) in [6, 6.07) is 8.60. The topological polar surface area (TPSA) is 96.3 Å². The first-order chi connectivity index (χ1) is 13.4. The molecule has 0 saturated heterocycles. The minimum atomic E-state index is -1.11. The van der Waals surface area contributed by atoms with Crippen molar-refractivity contribution in [3.05, 3.63) is 74.7 Å². The number of aryl methyl sites for hydroxylation is 1. The first kappa shape index (κ1) is 18.3. The number of amides is 1. The van der Waals surface area contributed by atoms with Gasteiger partial charge in [-0.3, -0.25) is 4.79 Å². The Hall–Kier alpha value is -3.10. The zero-order chi connectivity index (χ0) is 19.8. The molecule has 0 bridgehead atoms. The fourth-order valence-corrected chi connectivity index (χ4v) is 3.88. The van der Waals surface area contributed by atoms with Gasteiger partial charge in [0.15, 0.2) is 0 Å². The first-order valence-corrected chi connectivity index (χ1v) is 9.60. The summed E-state index contributed by atoms with van der Waals surface area (Å²) in [7, 11) is 0. The molecule has 28 heavy (non-hydrogen) atoms. The molecule has 0 spiro atoms. The molecule has 9 heteroatoms. The lowest BCUT2D eigenvalue weighted by molar-refractivity contribution is -0.132. The van der Waals surface area contributed by atoms with E-state index in [0.717, 1.165) is 10.4 Å². The number of fused-ring (bicyclic) bond motifs is 1. The number of carboxylic acids is 1. The Morgan fingerprint density at radius 3 is 2.86 bits per heavy atom. The molecule has 142 valence electrons. The maximum atomic E-state index is 12.8. The van der Waals surface area contributed by atoms with Crippen molar-refractivity contribution in [3.8, 4) is 0 Å². The zero-order valence-electron chi connectivity index (χ0n) is 14.6. The number of halogens is 1. The number of aromatic nitrogens is 2. The molecule has 0 radical (unpaired) electrons. The van der Waals surface area contributed by atoms with Crippen LogP contribution in [0.3, 0.4) is 0 Å². The highest BCUT2D eigenvalue weighted by molar-refractivity contribution is 7.10. The highest BCUT2D eigenvalue weighted by Crippen LogP contribution is 2.34. The van der Waals surface area contributed by atoms with Crippen molar-refractivity contribution >= 4 is 46.3 Å². The summed E-state index contributed by atoms with van der Waals surface area (Å²) in [5.41, 5.74) is 1.68. The van der Waals surface area contributed by atoms with Gasteiger partial charge in [-0.15, -0.1) is 11.3 Å². The number of carboxylic acid groups (broad SMARTS) is 1. The average Bonchev–Trinajstić information content (AvgIpc) is 3.33. The number of nitrogens with one attached hydrogen (secondary N) is 2. The first-order valence-electron chi connectivity index (χ1n) is 8.34. The van der Waals surface area contributed by atoms with Crippen molar-refractivity contribution in [1.29, 1.82) is 0 Å². The van der Waals surface area contributed by atoms with Gasteiger partial charge in [-0.25, -0.2) is 9.48 Å². The molecule has 0 saturated carbocycles. The van der Waals surface area contributed by atoms with Crippen LogP contribution in [0.5, 0.6) is 0 Å². The van der Waals surface area contributed by atoms with Crippen LogP contribution >= 0.6 is 22.9 Å². The van der Waals surface area contributed by atoms with Crippen molar-refractivity contribution in [1.82, 2.24) is 9.78 Å². The number of hydrogen-bond acceptors (Lipinski definition) is 5. The van der Waals surface area contributed by atoms with Crippen molar-refractivity contribution in [3.63, 3.8) is 0 Å². The molecule has 0 fully saturated rings. The van der Waals surface area contributed by atoms with E-state index in [9.17, 15) is 14.7 Å². The lowest BCUT2D eigenvalue weighted by Gasteiger charge is -2.23. The van der Waals surface area contributed by atoms with Crippen LogP contribution in [0.25, 0.3) is 0 Å². The molecule has 2 aromatic heterocycles. The fourth-order valence-electron chi connectivity index (χ4n) is 2.92. The van der Waals surface area contributed by atoms with E-state index in [2.05, 4.69) is 15.7 Å². The number of rotatable bonds is 4. The van der Waals surface area contributed by atoms with Gasteiger partial charge in [0, 0.05) is 15.6 Å². The van der Waals surface area contributed by atoms with E-state index in [1.165, 1.54) is 17.5 Å². The SMILES string of the molecule is Cc1ccc(NC(=O)c2cnn3c2NC(C(=O)O)=C[C@@H]3c2cccs2)cc1Cl. The van der Waals surface area contributed by atoms with Gasteiger partial charge >= 0.3 is 5.97 Å². The van der Waals surface area contributed by atoms with E-state index in [-0.39, 0.29) is 11.3 Å². The van der Waals surface area contributed by atoms with Crippen LogP contribution in [0.1, 0.15) is 26.8 Å². The Kier molecular flexibility index (Phi) is 4.66. The average molecular weight is 415 g/mol. The Balaban J connectivity index is 1.69. The van der Waals surface area contributed by atoms with Crippen LogP contribution < -0.4 is 10.6 Å². The number of thiophene rings is 1. The molecule has 1 aliphatic heterocycles. The summed E-state index contributed by atoms with van der Waals surface area (Å²) in [6.07, 6.45) is 3.00. The molecule has 1 aliphatic rings. The molecule has 0 unspecified atom stereocenters. The quantitative estimate of drug-likeness (QED) is 0.596. The Morgan fingerprint density at radius 1 is 1.36 bits per heavy atom. The van der Waals surface area contributed by atoms with Gasteiger partial charge in [-0.2, -0.15) is 5.10 Å². The Morgan fingerprint density at radius 2 is 2.18 bits per heavy atom. The van der Waals surface area contributed by atoms with Crippen LogP contribution in [0, 0.1) is 6.92 Å². The molecule has 4 rings (SSSR count). The second kappa shape index (κ2) is 7.14. The van der Waals surface area contributed by atoms with Crippen LogP contribution in [0.15, 0.2) is 53.7 Å². The third kappa shape index (κ3) is 3.28. The van der Waals surface area contributed by atoms with Gasteiger partial charge in [0.1, 0.15) is 23.1 Å². The number of nitrogens with zero attached hydrogens (tertiary/aromatic N) is 2. The molecule has 7 nitrogen and oxygen atoms in total. The highest BCUT2D eigenvalue weighted by atomic mass is 35.5. The van der Waals surface area contributed by atoms with E-state index in [1.54, 1.807) is 22.9 Å². The molecule has 0 aliphatic carbocycles. The zero-order valence-corrected chi connectivity index (χ0v) is 16.2. The van der Waals surface area contributed by atoms with Crippen LogP contribution in [-0.2, 0) is 4.79 Å². The number of carbonyl (C=O) groups is 2. The van der Waals surface area contributed by atoms with Crippen molar-refractivity contribution in [2.24, 2.45) is 0 Å². The number of anilines is 2. The minimum Gasteiger partial charge on any atom is -0.477 e. The summed E-state index contributed by atoms with van der Waals surface area (Å²) in [5.74, 6) is -1.19. The van der Waals surface area contributed by atoms with Crippen LogP contribution in [0.4, 0.5) is 11.5 Å². The number of aliphatic carboxylic acids is 1. The summed E-state index contributed by atoms with van der Waals surface area (Å²) < 4.78 is 1.61. The van der Waals surface area contributed by atoms with Gasteiger partial charge in [0.25, 0.3) is 5.91 Å². The Bertz CT molecular complexity index is 1100. The third-order valence-electron chi connectivity index (χ3n) is 4.38. The second-order valence-corrected chi connectivity index (χ2v) is 7.63. The molecule has 3 aromatic rings. The van der Waals surface area contributed by atoms with Gasteiger partial charge in [0.05, 0.1) is 6.20 Å². The molecule has 1 aromatic carbocycles. The number of benzene rings is 1. The van der Waals surface area contributed by atoms with Crippen LogP contribution in [0.2, 0.25) is 5.02 Å². The van der Waals surface area contributed by atoms with Gasteiger partial charge in [-0.05, 0) is 42.1 Å². The lowest BCUT2D eigenvalue weighted by atomic mass is 10.1. The number of allylic oxidation sites excluding steroid dienone is 1. The normalized spacial score (nSPS) is 15.4. The minimum absolute atomic E-state index is 0.00108. The van der Waals surface area contributed by atoms with E-state index in [0.29, 0.717) is 16.5 Å². The van der Waals surface area contributed by atoms with Crippen molar-refractivity contribution in [2.75, 3.05) is 10.6 Å². The molecular formula is C19H15ClN4O3S. The smallest absolute Gasteiger partial charge is 0.352 e. The summed E-state index contributed by atoms with van der Waals surface area (Å²) >= 11 is 7.60. The monoisotopic (exact) mass is 414 g/mol. The Labute approximate surface area is 169 Å². The predicted octanol–water partition coefficient (Wildman–Crippen LogP) is 4.14. The van der Waals surface area contributed by atoms with Crippen molar-refractivity contribution in [2.45, 2.75) is 13.0 Å². The maximum Gasteiger partial charge on any atom is 0.352 e.